The molecular formula is C14H22N2O2. The summed E-state index contributed by atoms with van der Waals surface area (Å²) in [5, 5.41) is 0. The molecule has 0 aliphatic carbocycles. The van der Waals surface area contributed by atoms with E-state index < -0.39 is 6.04 Å². The van der Waals surface area contributed by atoms with Crippen LogP contribution in [0.2, 0.25) is 0 Å². The maximum absolute atomic E-state index is 11.8. The van der Waals surface area contributed by atoms with Crippen molar-refractivity contribution in [2.45, 2.75) is 26.3 Å². The van der Waals surface area contributed by atoms with Gasteiger partial charge in [0.05, 0.1) is 13.2 Å². The highest BCUT2D eigenvalue weighted by molar-refractivity contribution is 5.81. The number of hydrogen-bond acceptors (Lipinski definition) is 3. The normalized spacial score (nSPS) is 12.1. The Hall–Kier alpha value is -1.55. The highest BCUT2D eigenvalue weighted by Gasteiger charge is 2.19. The van der Waals surface area contributed by atoms with Crippen molar-refractivity contribution < 1.29 is 9.53 Å². The van der Waals surface area contributed by atoms with Crippen LogP contribution in [0.1, 0.15) is 16.7 Å². The molecule has 0 radical (unpaired) electrons. The molecule has 0 saturated carbocycles. The molecule has 18 heavy (non-hydrogen) atoms. The van der Waals surface area contributed by atoms with Crippen LogP contribution in [0.3, 0.4) is 0 Å². The second-order valence-corrected chi connectivity index (χ2v) is 4.81. The van der Waals surface area contributed by atoms with Crippen molar-refractivity contribution in [3.8, 4) is 5.75 Å². The Balaban J connectivity index is 3.00. The van der Waals surface area contributed by atoms with Gasteiger partial charge in [0.25, 0.3) is 0 Å². The molecule has 0 heterocycles. The number of methoxy groups -OCH3 is 1. The van der Waals surface area contributed by atoms with Gasteiger partial charge in [-0.25, -0.2) is 0 Å². The summed E-state index contributed by atoms with van der Waals surface area (Å²) in [6.07, 6.45) is 0.492. The molecule has 0 saturated heterocycles. The lowest BCUT2D eigenvalue weighted by Crippen LogP contribution is -2.41. The molecule has 0 bridgehead atoms. The highest BCUT2D eigenvalue weighted by atomic mass is 16.5. The first-order valence-corrected chi connectivity index (χ1v) is 5.97. The molecule has 4 nitrogen and oxygen atoms in total. The van der Waals surface area contributed by atoms with Crippen LogP contribution < -0.4 is 10.5 Å². The van der Waals surface area contributed by atoms with Gasteiger partial charge in [0.15, 0.2) is 0 Å². The van der Waals surface area contributed by atoms with Crippen molar-refractivity contribution in [2.75, 3.05) is 21.2 Å². The van der Waals surface area contributed by atoms with Crippen LogP contribution in [0.15, 0.2) is 12.1 Å². The minimum absolute atomic E-state index is 0.0722. The Morgan fingerprint density at radius 2 is 2.00 bits per heavy atom. The van der Waals surface area contributed by atoms with Gasteiger partial charge < -0.3 is 15.4 Å². The summed E-state index contributed by atoms with van der Waals surface area (Å²) in [6, 6.07) is 3.51. The minimum atomic E-state index is -0.532. The SMILES string of the molecule is COc1cc(C)cc(C)c1CC(N)C(=O)N(C)C. The number of nitrogens with two attached hydrogens (primary N) is 1. The van der Waals surface area contributed by atoms with Crippen LogP contribution in [0.4, 0.5) is 0 Å². The van der Waals surface area contributed by atoms with Crippen molar-refractivity contribution in [3.05, 3.63) is 28.8 Å². The van der Waals surface area contributed by atoms with Gasteiger partial charge in [-0.1, -0.05) is 6.07 Å². The molecule has 0 spiro atoms. The quantitative estimate of drug-likeness (QED) is 0.875. The topological polar surface area (TPSA) is 55.6 Å². The molecule has 0 fully saturated rings. The van der Waals surface area contributed by atoms with Crippen molar-refractivity contribution >= 4 is 5.91 Å². The largest absolute Gasteiger partial charge is 0.496 e. The zero-order valence-corrected chi connectivity index (χ0v) is 11.8. The molecule has 1 amide bonds. The molecule has 1 aromatic carbocycles. The molecule has 1 rings (SSSR count). The van der Waals surface area contributed by atoms with Gasteiger partial charge in [0, 0.05) is 20.5 Å². The predicted octanol–water partition coefficient (Wildman–Crippen LogP) is 1.27. The van der Waals surface area contributed by atoms with Gasteiger partial charge in [0.2, 0.25) is 5.91 Å². The van der Waals surface area contributed by atoms with E-state index in [-0.39, 0.29) is 5.91 Å². The van der Waals surface area contributed by atoms with E-state index >= 15 is 0 Å². The average molecular weight is 250 g/mol. The minimum Gasteiger partial charge on any atom is -0.496 e. The molecule has 1 atom stereocenters. The molecule has 0 aliphatic heterocycles. The maximum atomic E-state index is 11.8. The Kier molecular flexibility index (Phi) is 4.73. The smallest absolute Gasteiger partial charge is 0.239 e. The first-order valence-electron chi connectivity index (χ1n) is 5.97. The lowest BCUT2D eigenvalue weighted by atomic mass is 9.98. The van der Waals surface area contributed by atoms with Gasteiger partial charge in [0.1, 0.15) is 5.75 Å². The monoisotopic (exact) mass is 250 g/mol. The zero-order valence-electron chi connectivity index (χ0n) is 11.8. The van der Waals surface area contributed by atoms with Crippen LogP contribution >= 0.6 is 0 Å². The third-order valence-corrected chi connectivity index (χ3v) is 2.98. The lowest BCUT2D eigenvalue weighted by Gasteiger charge is -2.19. The number of ether oxygens (including phenoxy) is 1. The van der Waals surface area contributed by atoms with E-state index in [9.17, 15) is 4.79 Å². The molecule has 4 heteroatoms. The van der Waals surface area contributed by atoms with Crippen molar-refractivity contribution in [1.82, 2.24) is 4.90 Å². The van der Waals surface area contributed by atoms with E-state index in [0.717, 1.165) is 22.4 Å². The van der Waals surface area contributed by atoms with Gasteiger partial charge >= 0.3 is 0 Å². The number of aryl methyl sites for hydroxylation is 2. The van der Waals surface area contributed by atoms with Crippen molar-refractivity contribution in [2.24, 2.45) is 5.73 Å². The van der Waals surface area contributed by atoms with Gasteiger partial charge in [-0.05, 0) is 36.6 Å². The Bertz CT molecular complexity index is 442. The predicted molar refractivity (Wildman–Crippen MR) is 72.8 cm³/mol. The first kappa shape index (κ1) is 14.5. The fourth-order valence-corrected chi connectivity index (χ4v) is 2.04. The van der Waals surface area contributed by atoms with E-state index in [1.165, 1.54) is 4.90 Å². The number of amides is 1. The second-order valence-electron chi connectivity index (χ2n) is 4.81. The highest BCUT2D eigenvalue weighted by Crippen LogP contribution is 2.25. The van der Waals surface area contributed by atoms with Gasteiger partial charge in [-0.2, -0.15) is 0 Å². The average Bonchev–Trinajstić information content (AvgIpc) is 2.30. The van der Waals surface area contributed by atoms with E-state index in [2.05, 4.69) is 6.07 Å². The van der Waals surface area contributed by atoms with Crippen LogP contribution in [0.5, 0.6) is 5.75 Å². The molecule has 1 unspecified atom stereocenters. The number of likely N-dealkylation sites (N-methyl/N-ethyl adjacent to an activating group) is 1. The van der Waals surface area contributed by atoms with E-state index in [4.69, 9.17) is 10.5 Å². The summed E-state index contributed by atoms with van der Waals surface area (Å²) < 4.78 is 5.37. The molecule has 0 aromatic heterocycles. The second kappa shape index (κ2) is 5.87. The molecule has 1 aromatic rings. The fraction of sp³-hybridized carbons (Fsp3) is 0.500. The van der Waals surface area contributed by atoms with Gasteiger partial charge in [-0.3, -0.25) is 4.79 Å². The number of carbonyl (C=O) groups excluding carboxylic acids is 1. The molecule has 0 aliphatic rings. The Labute approximate surface area is 109 Å². The Morgan fingerprint density at radius 3 is 2.50 bits per heavy atom. The molecule has 2 N–H and O–H groups in total. The summed E-state index contributed by atoms with van der Waals surface area (Å²) in [6.45, 7) is 4.03. The fourth-order valence-electron chi connectivity index (χ4n) is 2.04. The number of hydrogen-bond donors (Lipinski definition) is 1. The zero-order chi connectivity index (χ0) is 13.9. The van der Waals surface area contributed by atoms with Crippen molar-refractivity contribution in [3.63, 3.8) is 0 Å². The third kappa shape index (κ3) is 3.23. The maximum Gasteiger partial charge on any atom is 0.239 e. The summed E-state index contributed by atoms with van der Waals surface area (Å²) in [5.41, 5.74) is 9.18. The summed E-state index contributed by atoms with van der Waals surface area (Å²) in [7, 11) is 5.06. The molecule has 100 valence electrons. The third-order valence-electron chi connectivity index (χ3n) is 2.98. The lowest BCUT2D eigenvalue weighted by molar-refractivity contribution is -0.130. The first-order chi connectivity index (χ1) is 8.36. The van der Waals surface area contributed by atoms with Crippen molar-refractivity contribution in [1.29, 1.82) is 0 Å². The number of rotatable bonds is 4. The summed E-state index contributed by atoms with van der Waals surface area (Å²) in [5.74, 6) is 0.728. The number of carbonyl (C=O) groups is 1. The summed E-state index contributed by atoms with van der Waals surface area (Å²) in [4.78, 5) is 13.3. The summed E-state index contributed by atoms with van der Waals surface area (Å²) >= 11 is 0. The molecular weight excluding hydrogens is 228 g/mol. The number of benzene rings is 1. The van der Waals surface area contributed by atoms with Crippen LogP contribution in [0.25, 0.3) is 0 Å². The van der Waals surface area contributed by atoms with E-state index in [0.29, 0.717) is 6.42 Å². The Morgan fingerprint density at radius 1 is 1.39 bits per heavy atom. The van der Waals surface area contributed by atoms with Gasteiger partial charge in [-0.15, -0.1) is 0 Å². The van der Waals surface area contributed by atoms with Crippen LogP contribution in [-0.2, 0) is 11.2 Å². The number of nitrogens with zero attached hydrogens (tertiary/aromatic N) is 1. The van der Waals surface area contributed by atoms with E-state index in [1.807, 2.05) is 19.9 Å². The standard InChI is InChI=1S/C14H22N2O2/c1-9-6-10(2)11(13(7-9)18-5)8-12(15)14(17)16(3)4/h6-7,12H,8,15H2,1-5H3. The van der Waals surface area contributed by atoms with Crippen LogP contribution in [0, 0.1) is 13.8 Å². The van der Waals surface area contributed by atoms with Crippen LogP contribution in [-0.4, -0.2) is 38.1 Å². The van der Waals surface area contributed by atoms with E-state index in [1.54, 1.807) is 21.2 Å².